The second-order valence-corrected chi connectivity index (χ2v) is 11.5. The number of methoxy groups -OCH3 is 1. The van der Waals surface area contributed by atoms with E-state index >= 15 is 0 Å². The average Bonchev–Trinajstić information content (AvgIpc) is 2.88. The molecule has 6 heteroatoms. The molecule has 0 saturated carbocycles. The second-order valence-electron chi connectivity index (χ2n) is 9.89. The van der Waals surface area contributed by atoms with Crippen LogP contribution in [0.1, 0.15) is 87.1 Å². The number of hydrazone groups is 1. The van der Waals surface area contributed by atoms with Crippen LogP contribution < -0.4 is 9.57 Å². The molecule has 0 atom stereocenters. The van der Waals surface area contributed by atoms with Crippen molar-refractivity contribution in [3.63, 3.8) is 0 Å². The first-order valence-electron chi connectivity index (χ1n) is 12.5. The van der Waals surface area contributed by atoms with Crippen molar-refractivity contribution in [1.29, 1.82) is 0 Å². The normalized spacial score (nSPS) is 12.0. The number of rotatable bonds is 8. The summed E-state index contributed by atoms with van der Waals surface area (Å²) < 4.78 is 32.8. The lowest BCUT2D eigenvalue weighted by Crippen LogP contribution is -2.24. The van der Waals surface area contributed by atoms with E-state index in [-0.39, 0.29) is 17.8 Å². The first-order chi connectivity index (χ1) is 17.5. The van der Waals surface area contributed by atoms with Gasteiger partial charge in [0.15, 0.2) is 0 Å². The molecule has 0 aliphatic rings. The monoisotopic (exact) mass is 516 g/mol. The Hall–Kier alpha value is -3.56. The molecule has 0 radical (unpaired) electrons. The minimum absolute atomic E-state index is 0.0192. The molecule has 37 heavy (non-hydrogen) atoms. The van der Waals surface area contributed by atoms with Crippen molar-refractivity contribution in [3.8, 4) is 17.6 Å². The van der Waals surface area contributed by atoms with Gasteiger partial charge in [-0.15, -0.1) is 0 Å². The van der Waals surface area contributed by atoms with Crippen LogP contribution in [0.5, 0.6) is 5.75 Å². The van der Waals surface area contributed by atoms with Gasteiger partial charge in [-0.3, -0.25) is 0 Å². The summed E-state index contributed by atoms with van der Waals surface area (Å²) in [6, 6.07) is 20.7. The lowest BCUT2D eigenvalue weighted by Gasteiger charge is -2.22. The fourth-order valence-electron chi connectivity index (χ4n) is 3.92. The molecule has 0 heterocycles. The molecule has 0 bridgehead atoms. The zero-order valence-corrected chi connectivity index (χ0v) is 23.5. The highest BCUT2D eigenvalue weighted by molar-refractivity contribution is 7.89. The summed E-state index contributed by atoms with van der Waals surface area (Å²) in [5, 5.41) is 4.34. The van der Waals surface area contributed by atoms with Gasteiger partial charge in [0.1, 0.15) is 11.5 Å². The van der Waals surface area contributed by atoms with Gasteiger partial charge in [-0.05, 0) is 76.8 Å². The molecule has 1 N–H and O–H groups in total. The highest BCUT2D eigenvalue weighted by atomic mass is 32.2. The molecule has 3 aromatic rings. The van der Waals surface area contributed by atoms with Crippen LogP contribution in [0, 0.1) is 11.8 Å². The van der Waals surface area contributed by atoms with Crippen LogP contribution in [-0.4, -0.2) is 21.2 Å². The average molecular weight is 517 g/mol. The van der Waals surface area contributed by atoms with Gasteiger partial charge in [0.2, 0.25) is 0 Å². The van der Waals surface area contributed by atoms with Crippen molar-refractivity contribution in [2.24, 2.45) is 5.10 Å². The van der Waals surface area contributed by atoms with Gasteiger partial charge in [0.25, 0.3) is 10.0 Å². The van der Waals surface area contributed by atoms with Crippen molar-refractivity contribution < 1.29 is 13.2 Å². The topological polar surface area (TPSA) is 67.8 Å². The third kappa shape index (κ3) is 7.02. The lowest BCUT2D eigenvalue weighted by molar-refractivity contribution is 0.415. The molecule has 5 nitrogen and oxygen atoms in total. The number of ether oxygens (including phenoxy) is 1. The zero-order valence-electron chi connectivity index (χ0n) is 22.7. The van der Waals surface area contributed by atoms with E-state index in [1.165, 1.54) is 0 Å². The lowest BCUT2D eigenvalue weighted by atomic mass is 9.89. The highest BCUT2D eigenvalue weighted by Gasteiger charge is 2.27. The van der Waals surface area contributed by atoms with Crippen LogP contribution in [0.4, 0.5) is 0 Å². The molecule has 0 spiro atoms. The molecule has 0 aromatic heterocycles. The molecule has 0 saturated heterocycles. The number of sulfonamides is 1. The third-order valence-corrected chi connectivity index (χ3v) is 7.43. The van der Waals surface area contributed by atoms with Gasteiger partial charge < -0.3 is 4.74 Å². The Balaban J connectivity index is 2.13. The molecule has 0 fully saturated rings. The molecule has 194 valence electrons. The van der Waals surface area contributed by atoms with Gasteiger partial charge in [-0.25, -0.2) is 0 Å². The Kier molecular flexibility index (Phi) is 9.18. The van der Waals surface area contributed by atoms with Gasteiger partial charge in [0, 0.05) is 11.1 Å². The predicted molar refractivity (Wildman–Crippen MR) is 152 cm³/mol. The summed E-state index contributed by atoms with van der Waals surface area (Å²) in [6.07, 6.45) is 0. The van der Waals surface area contributed by atoms with Gasteiger partial charge in [-0.2, -0.15) is 18.4 Å². The fraction of sp³-hybridized carbons (Fsp3) is 0.323. The molecule has 0 aliphatic heterocycles. The SMILES string of the molecule is COc1ccc(/C(C#Cc2ccccc2)=N/NS(=O)(=O)c2c(C(C)C)cc(C(C)C)cc2C(C)C)cc1. The first-order valence-corrected chi connectivity index (χ1v) is 14.0. The first kappa shape index (κ1) is 28.0. The molecular weight excluding hydrogens is 480 g/mol. The number of nitrogens with zero attached hydrogens (tertiary/aromatic N) is 1. The van der Waals surface area contributed by atoms with E-state index in [9.17, 15) is 8.42 Å². The quantitative estimate of drug-likeness (QED) is 0.203. The number of hydrogen-bond acceptors (Lipinski definition) is 4. The third-order valence-electron chi connectivity index (χ3n) is 6.09. The Morgan fingerprint density at radius 2 is 1.41 bits per heavy atom. The second kappa shape index (κ2) is 12.1. The Bertz CT molecular complexity index is 1380. The van der Waals surface area contributed by atoms with Gasteiger partial charge in [0.05, 0.1) is 12.0 Å². The Morgan fingerprint density at radius 1 is 0.838 bits per heavy atom. The van der Waals surface area contributed by atoms with Crippen molar-refractivity contribution in [2.75, 3.05) is 7.11 Å². The summed E-state index contributed by atoms with van der Waals surface area (Å²) in [5.41, 5.74) is 4.50. The largest absolute Gasteiger partial charge is 0.497 e. The summed E-state index contributed by atoms with van der Waals surface area (Å²) >= 11 is 0. The van der Waals surface area contributed by atoms with Crippen LogP contribution >= 0.6 is 0 Å². The van der Waals surface area contributed by atoms with Gasteiger partial charge >= 0.3 is 0 Å². The van der Waals surface area contributed by atoms with E-state index in [1.807, 2.05) is 82.3 Å². The van der Waals surface area contributed by atoms with E-state index in [0.717, 1.165) is 22.3 Å². The van der Waals surface area contributed by atoms with Crippen molar-refractivity contribution in [3.05, 3.63) is 94.5 Å². The van der Waals surface area contributed by atoms with Crippen LogP contribution in [0.15, 0.2) is 76.7 Å². The van der Waals surface area contributed by atoms with Crippen LogP contribution in [0.3, 0.4) is 0 Å². The predicted octanol–water partition coefficient (Wildman–Crippen LogP) is 6.80. The maximum atomic E-state index is 13.8. The van der Waals surface area contributed by atoms with Crippen LogP contribution in [0.2, 0.25) is 0 Å². The molecular formula is C31H36N2O3S. The molecule has 3 aromatic carbocycles. The highest BCUT2D eigenvalue weighted by Crippen LogP contribution is 2.35. The number of hydrogen-bond donors (Lipinski definition) is 1. The minimum atomic E-state index is -3.98. The van der Waals surface area contributed by atoms with Crippen molar-refractivity contribution in [1.82, 2.24) is 4.83 Å². The molecule has 0 unspecified atom stereocenters. The summed E-state index contributed by atoms with van der Waals surface area (Å²) in [4.78, 5) is 2.81. The summed E-state index contributed by atoms with van der Waals surface area (Å²) in [7, 11) is -2.39. The zero-order chi connectivity index (χ0) is 27.2. The number of nitrogens with one attached hydrogen (secondary N) is 1. The van der Waals surface area contributed by atoms with Gasteiger partial charge in [-0.1, -0.05) is 77.8 Å². The Morgan fingerprint density at radius 3 is 1.89 bits per heavy atom. The van der Waals surface area contributed by atoms with E-state index in [1.54, 1.807) is 19.2 Å². The van der Waals surface area contributed by atoms with E-state index in [4.69, 9.17) is 4.74 Å². The molecule has 0 amide bonds. The molecule has 3 rings (SSSR count). The van der Waals surface area contributed by atoms with E-state index < -0.39 is 10.0 Å². The minimum Gasteiger partial charge on any atom is -0.497 e. The van der Waals surface area contributed by atoms with E-state index in [2.05, 4.69) is 35.6 Å². The maximum Gasteiger partial charge on any atom is 0.277 e. The summed E-state index contributed by atoms with van der Waals surface area (Å²) in [6.45, 7) is 12.3. The Labute approximate surface area is 222 Å². The van der Waals surface area contributed by atoms with Crippen molar-refractivity contribution >= 4 is 15.7 Å². The standard InChI is InChI=1S/C31H36N2O3S/c1-21(2)26-19-28(22(3)4)31(29(20-26)23(5)6)37(34,35)33-32-30(18-13-24-11-9-8-10-12-24)25-14-16-27(36-7)17-15-25/h8-12,14-17,19-23,33H,1-7H3/b32-30+. The smallest absolute Gasteiger partial charge is 0.277 e. The van der Waals surface area contributed by atoms with Crippen LogP contribution in [-0.2, 0) is 10.0 Å². The van der Waals surface area contributed by atoms with Crippen LogP contribution in [0.25, 0.3) is 0 Å². The fourth-order valence-corrected chi connectivity index (χ4v) is 5.43. The number of benzene rings is 3. The molecule has 0 aliphatic carbocycles. The summed E-state index contributed by atoms with van der Waals surface area (Å²) in [5.74, 6) is 7.14. The van der Waals surface area contributed by atoms with Crippen molar-refractivity contribution in [2.45, 2.75) is 64.2 Å². The maximum absolute atomic E-state index is 13.8. The van der Waals surface area contributed by atoms with E-state index in [0.29, 0.717) is 21.9 Å².